The van der Waals surface area contributed by atoms with Crippen LogP contribution in [-0.2, 0) is 6.54 Å². The number of nitrogens with one attached hydrogen (secondary N) is 1. The summed E-state index contributed by atoms with van der Waals surface area (Å²) in [4.78, 5) is 14.8. The number of rotatable bonds is 7. The van der Waals surface area contributed by atoms with Crippen LogP contribution in [0.2, 0.25) is 5.02 Å². The van der Waals surface area contributed by atoms with Gasteiger partial charge in [0.2, 0.25) is 0 Å². The molecule has 1 unspecified atom stereocenters. The Hall–Kier alpha value is -2.24. The van der Waals surface area contributed by atoms with Crippen LogP contribution in [0.4, 0.5) is 0 Å². The Labute approximate surface area is 170 Å². The standard InChI is InChI=1S/C22H27ClN2O3/c1-2-3-9-24-14-15-6-4-7-16(11-15)19-8-5-10-25(19)22(28)17-12-18(23)21(27)13-20(17)26/h4,6-7,11-13,19,24,26-27H,2-3,5,8-10,14H2,1H3. The van der Waals surface area contributed by atoms with Gasteiger partial charge in [0.25, 0.3) is 5.91 Å². The molecular formula is C22H27ClN2O3. The highest BCUT2D eigenvalue weighted by Crippen LogP contribution is 2.37. The molecule has 2 aromatic rings. The van der Waals surface area contributed by atoms with Crippen LogP contribution < -0.4 is 5.32 Å². The molecule has 1 aliphatic heterocycles. The molecule has 1 aliphatic rings. The van der Waals surface area contributed by atoms with Gasteiger partial charge in [0, 0.05) is 19.2 Å². The van der Waals surface area contributed by atoms with E-state index < -0.39 is 0 Å². The first-order valence-electron chi connectivity index (χ1n) is 9.83. The van der Waals surface area contributed by atoms with Crippen molar-refractivity contribution >= 4 is 17.5 Å². The molecule has 6 heteroatoms. The van der Waals surface area contributed by atoms with Crippen LogP contribution in [0.5, 0.6) is 11.5 Å². The fourth-order valence-corrected chi connectivity index (χ4v) is 3.84. The van der Waals surface area contributed by atoms with E-state index in [-0.39, 0.29) is 34.0 Å². The van der Waals surface area contributed by atoms with Gasteiger partial charge < -0.3 is 20.4 Å². The van der Waals surface area contributed by atoms with Crippen LogP contribution in [0, 0.1) is 0 Å². The van der Waals surface area contributed by atoms with E-state index in [1.165, 1.54) is 18.1 Å². The van der Waals surface area contributed by atoms with Gasteiger partial charge in [-0.1, -0.05) is 49.2 Å². The van der Waals surface area contributed by atoms with Gasteiger partial charge in [-0.05, 0) is 43.0 Å². The predicted molar refractivity (Wildman–Crippen MR) is 111 cm³/mol. The molecule has 0 radical (unpaired) electrons. The third-order valence-electron chi connectivity index (χ3n) is 5.18. The number of carbonyl (C=O) groups is 1. The lowest BCUT2D eigenvalue weighted by Crippen LogP contribution is -2.30. The average molecular weight is 403 g/mol. The fraction of sp³-hybridized carbons (Fsp3) is 0.409. The van der Waals surface area contributed by atoms with Crippen molar-refractivity contribution in [3.05, 3.63) is 58.1 Å². The third-order valence-corrected chi connectivity index (χ3v) is 5.48. The minimum atomic E-state index is -0.270. The molecule has 0 aromatic heterocycles. The molecule has 0 saturated carbocycles. The second-order valence-corrected chi connectivity index (χ2v) is 7.66. The number of hydrogen-bond acceptors (Lipinski definition) is 4. The molecule has 0 spiro atoms. The number of aromatic hydroxyl groups is 2. The highest BCUT2D eigenvalue weighted by Gasteiger charge is 2.32. The maximum atomic E-state index is 13.1. The van der Waals surface area contributed by atoms with Crippen molar-refractivity contribution in [1.82, 2.24) is 10.2 Å². The summed E-state index contributed by atoms with van der Waals surface area (Å²) in [6.07, 6.45) is 4.11. The Bertz CT molecular complexity index is 841. The van der Waals surface area contributed by atoms with Crippen LogP contribution in [0.1, 0.15) is 60.1 Å². The van der Waals surface area contributed by atoms with Gasteiger partial charge in [-0.15, -0.1) is 0 Å². The first kappa shape index (κ1) is 20.5. The topological polar surface area (TPSA) is 72.8 Å². The minimum Gasteiger partial charge on any atom is -0.507 e. The molecule has 2 aromatic carbocycles. The maximum absolute atomic E-state index is 13.1. The zero-order valence-electron chi connectivity index (χ0n) is 16.1. The monoisotopic (exact) mass is 402 g/mol. The lowest BCUT2D eigenvalue weighted by molar-refractivity contribution is 0.0732. The van der Waals surface area contributed by atoms with Crippen molar-refractivity contribution in [1.29, 1.82) is 0 Å². The molecule has 1 saturated heterocycles. The summed E-state index contributed by atoms with van der Waals surface area (Å²) in [5.74, 6) is -0.767. The predicted octanol–water partition coefficient (Wildman–Crippen LogP) is 4.62. The van der Waals surface area contributed by atoms with Crippen LogP contribution in [-0.4, -0.2) is 34.1 Å². The van der Waals surface area contributed by atoms with Gasteiger partial charge in [-0.3, -0.25) is 4.79 Å². The largest absolute Gasteiger partial charge is 0.507 e. The summed E-state index contributed by atoms with van der Waals surface area (Å²) in [5.41, 5.74) is 2.42. The number of carbonyl (C=O) groups excluding carboxylic acids is 1. The average Bonchev–Trinajstić information content (AvgIpc) is 3.18. The molecule has 1 fully saturated rings. The van der Waals surface area contributed by atoms with Crippen LogP contribution in [0.3, 0.4) is 0 Å². The Morgan fingerprint density at radius 3 is 2.86 bits per heavy atom. The molecule has 3 N–H and O–H groups in total. The normalized spacial score (nSPS) is 16.5. The first-order chi connectivity index (χ1) is 13.5. The lowest BCUT2D eigenvalue weighted by atomic mass is 10.0. The smallest absolute Gasteiger partial charge is 0.258 e. The summed E-state index contributed by atoms with van der Waals surface area (Å²) < 4.78 is 0. The van der Waals surface area contributed by atoms with Gasteiger partial charge in [0.15, 0.2) is 0 Å². The van der Waals surface area contributed by atoms with Gasteiger partial charge in [0.1, 0.15) is 11.5 Å². The number of unbranched alkanes of at least 4 members (excludes halogenated alkanes) is 1. The molecule has 0 aliphatic carbocycles. The molecule has 150 valence electrons. The van der Waals surface area contributed by atoms with Crippen LogP contribution in [0.15, 0.2) is 36.4 Å². The summed E-state index contributed by atoms with van der Waals surface area (Å²) in [6.45, 7) is 4.60. The highest BCUT2D eigenvalue weighted by atomic mass is 35.5. The Kier molecular flexibility index (Phi) is 6.81. The summed E-state index contributed by atoms with van der Waals surface area (Å²) in [6, 6.07) is 10.7. The van der Waals surface area contributed by atoms with Crippen LogP contribution >= 0.6 is 11.6 Å². The SMILES string of the molecule is CCCCNCc1cccc(C2CCCN2C(=O)c2cc(Cl)c(O)cc2O)c1. The van der Waals surface area contributed by atoms with Gasteiger partial charge >= 0.3 is 0 Å². The summed E-state index contributed by atoms with van der Waals surface area (Å²) in [5, 5.41) is 23.2. The summed E-state index contributed by atoms with van der Waals surface area (Å²) in [7, 11) is 0. The molecular weight excluding hydrogens is 376 g/mol. The minimum absolute atomic E-state index is 0.0323. The molecule has 28 heavy (non-hydrogen) atoms. The van der Waals surface area contributed by atoms with E-state index >= 15 is 0 Å². The Balaban J connectivity index is 1.78. The zero-order valence-corrected chi connectivity index (χ0v) is 16.9. The van der Waals surface area contributed by atoms with Crippen molar-refractivity contribution in [2.75, 3.05) is 13.1 Å². The van der Waals surface area contributed by atoms with E-state index in [4.69, 9.17) is 11.6 Å². The van der Waals surface area contributed by atoms with E-state index in [1.54, 1.807) is 4.90 Å². The van der Waals surface area contributed by atoms with E-state index in [0.29, 0.717) is 6.54 Å². The van der Waals surface area contributed by atoms with E-state index in [9.17, 15) is 15.0 Å². The quantitative estimate of drug-likeness (QED) is 0.591. The van der Waals surface area contributed by atoms with E-state index in [2.05, 4.69) is 30.4 Å². The van der Waals surface area contributed by atoms with Gasteiger partial charge in [-0.25, -0.2) is 0 Å². The van der Waals surface area contributed by atoms with Crippen molar-refractivity contribution < 1.29 is 15.0 Å². The number of likely N-dealkylation sites (tertiary alicyclic amines) is 1. The second kappa shape index (κ2) is 9.30. The molecule has 1 heterocycles. The third kappa shape index (κ3) is 4.59. The zero-order chi connectivity index (χ0) is 20.1. The van der Waals surface area contributed by atoms with Crippen molar-refractivity contribution in [2.45, 2.75) is 45.2 Å². The second-order valence-electron chi connectivity index (χ2n) is 7.25. The Morgan fingerprint density at radius 1 is 1.25 bits per heavy atom. The maximum Gasteiger partial charge on any atom is 0.258 e. The number of amides is 1. The van der Waals surface area contributed by atoms with Crippen molar-refractivity contribution in [2.24, 2.45) is 0 Å². The number of benzene rings is 2. The number of nitrogens with zero attached hydrogens (tertiary/aromatic N) is 1. The van der Waals surface area contributed by atoms with Crippen molar-refractivity contribution in [3.8, 4) is 11.5 Å². The number of phenolic OH excluding ortho intramolecular Hbond substituents is 2. The molecule has 1 amide bonds. The highest BCUT2D eigenvalue weighted by molar-refractivity contribution is 6.32. The molecule has 1 atom stereocenters. The number of hydrogen-bond donors (Lipinski definition) is 3. The molecule has 0 bridgehead atoms. The van der Waals surface area contributed by atoms with Gasteiger partial charge in [-0.2, -0.15) is 0 Å². The number of halogens is 1. The summed E-state index contributed by atoms with van der Waals surface area (Å²) >= 11 is 5.94. The Morgan fingerprint density at radius 2 is 2.07 bits per heavy atom. The van der Waals surface area contributed by atoms with Gasteiger partial charge in [0.05, 0.1) is 16.6 Å². The first-order valence-corrected chi connectivity index (χ1v) is 10.2. The number of phenols is 2. The fourth-order valence-electron chi connectivity index (χ4n) is 3.68. The molecule has 5 nitrogen and oxygen atoms in total. The lowest BCUT2D eigenvalue weighted by Gasteiger charge is -2.26. The van der Waals surface area contributed by atoms with E-state index in [0.717, 1.165) is 44.0 Å². The molecule has 3 rings (SSSR count). The van der Waals surface area contributed by atoms with Crippen molar-refractivity contribution in [3.63, 3.8) is 0 Å². The van der Waals surface area contributed by atoms with E-state index in [1.807, 2.05) is 6.07 Å². The van der Waals surface area contributed by atoms with Crippen LogP contribution in [0.25, 0.3) is 0 Å².